The van der Waals surface area contributed by atoms with E-state index in [1.54, 1.807) is 0 Å². The van der Waals surface area contributed by atoms with E-state index in [-0.39, 0.29) is 5.97 Å². The second kappa shape index (κ2) is 22.7. The smallest absolute Gasteiger partial charge is 0.305 e. The first-order valence-corrected chi connectivity index (χ1v) is 10.2. The number of hydrogen-bond donors (Lipinski definition) is 1. The zero-order valence-corrected chi connectivity index (χ0v) is 16.7. The van der Waals surface area contributed by atoms with Gasteiger partial charge in [0.05, 0.1) is 6.61 Å². The van der Waals surface area contributed by atoms with E-state index in [1.807, 2.05) is 6.92 Å². The average Bonchev–Trinajstić information content (AvgIpc) is 2.59. The molecule has 0 saturated carbocycles. The molecular formula is C21H41NO3. The van der Waals surface area contributed by atoms with Crippen LogP contribution in [0.5, 0.6) is 0 Å². The van der Waals surface area contributed by atoms with Crippen molar-refractivity contribution in [3.8, 4) is 0 Å². The largest absolute Gasteiger partial charge is 0.466 e. The maximum Gasteiger partial charge on any atom is 0.305 e. The van der Waals surface area contributed by atoms with Gasteiger partial charge in [-0.15, -0.1) is 0 Å². The van der Waals surface area contributed by atoms with Crippen LogP contribution in [0.25, 0.3) is 0 Å². The van der Waals surface area contributed by atoms with Gasteiger partial charge in [0.15, 0.2) is 0 Å². The normalized spacial score (nSPS) is 9.84. The van der Waals surface area contributed by atoms with Gasteiger partial charge in [0.2, 0.25) is 5.91 Å². The van der Waals surface area contributed by atoms with E-state index in [0.717, 1.165) is 12.5 Å². The molecule has 0 bridgehead atoms. The lowest BCUT2D eigenvalue weighted by atomic mass is 10.0. The molecule has 0 aliphatic rings. The molecule has 4 heteroatoms. The van der Waals surface area contributed by atoms with Crippen LogP contribution in [0.4, 0.5) is 0 Å². The minimum atomic E-state index is -0.481. The van der Waals surface area contributed by atoms with E-state index in [2.05, 4.69) is 19.2 Å². The van der Waals surface area contributed by atoms with E-state index in [1.165, 1.54) is 77.0 Å². The molecule has 0 atom stereocenters. The van der Waals surface area contributed by atoms with Crippen molar-refractivity contribution in [1.29, 1.82) is 0 Å². The minimum Gasteiger partial charge on any atom is -0.466 e. The molecule has 0 unspecified atom stereocenters. The number of unbranched alkanes of at least 4 members (excludes halogenated alkanes) is 12. The number of esters is 1. The fraction of sp³-hybridized carbons (Fsp3) is 0.810. The van der Waals surface area contributed by atoms with Crippen LogP contribution in [0.3, 0.4) is 0 Å². The van der Waals surface area contributed by atoms with Crippen molar-refractivity contribution in [3.63, 3.8) is 0 Å². The summed E-state index contributed by atoms with van der Waals surface area (Å²) in [6.07, 6.45) is 19.1. The van der Waals surface area contributed by atoms with Crippen LogP contribution < -0.4 is 5.73 Å². The van der Waals surface area contributed by atoms with Crippen molar-refractivity contribution in [2.75, 3.05) is 6.61 Å². The third-order valence-electron chi connectivity index (χ3n) is 3.99. The molecular weight excluding hydrogens is 314 g/mol. The number of rotatable bonds is 16. The zero-order valence-electron chi connectivity index (χ0n) is 16.7. The van der Waals surface area contributed by atoms with Gasteiger partial charge in [-0.1, -0.05) is 90.6 Å². The highest BCUT2D eigenvalue weighted by Gasteiger charge is 2.00. The monoisotopic (exact) mass is 355 g/mol. The molecule has 2 N–H and O–H groups in total. The third-order valence-corrected chi connectivity index (χ3v) is 3.99. The summed E-state index contributed by atoms with van der Waals surface area (Å²) < 4.78 is 4.91. The fourth-order valence-electron chi connectivity index (χ4n) is 2.52. The van der Waals surface area contributed by atoms with Gasteiger partial charge in [-0.25, -0.2) is 0 Å². The predicted molar refractivity (Wildman–Crippen MR) is 106 cm³/mol. The molecule has 0 radical (unpaired) electrons. The van der Waals surface area contributed by atoms with Crippen LogP contribution in [-0.2, 0) is 14.3 Å². The summed E-state index contributed by atoms with van der Waals surface area (Å²) in [5, 5.41) is 0. The lowest BCUT2D eigenvalue weighted by molar-refractivity contribution is -0.143. The highest BCUT2D eigenvalue weighted by molar-refractivity contribution is 5.84. The van der Waals surface area contributed by atoms with Gasteiger partial charge >= 0.3 is 5.97 Å². The molecule has 1 amide bonds. The Morgan fingerprint density at radius 3 is 1.48 bits per heavy atom. The standard InChI is InChI=1S/C18H36O2.C3H5NO/c1-3-5-6-7-8-9-10-11-12-13-14-15-16-17-18(19)20-4-2;1-2-3(4)5/h3-17H2,1-2H3;2H,1H2,(H2,4,5). The molecule has 25 heavy (non-hydrogen) atoms. The Morgan fingerprint density at radius 1 is 0.800 bits per heavy atom. The van der Waals surface area contributed by atoms with Gasteiger partial charge in [-0.2, -0.15) is 0 Å². The predicted octanol–water partition coefficient (Wildman–Crippen LogP) is 5.69. The summed E-state index contributed by atoms with van der Waals surface area (Å²) in [5.41, 5.74) is 4.53. The summed E-state index contributed by atoms with van der Waals surface area (Å²) in [7, 11) is 0. The van der Waals surface area contributed by atoms with E-state index in [9.17, 15) is 9.59 Å². The summed E-state index contributed by atoms with van der Waals surface area (Å²) in [4.78, 5) is 20.6. The lowest BCUT2D eigenvalue weighted by Crippen LogP contribution is -2.04. The van der Waals surface area contributed by atoms with Gasteiger partial charge in [0.25, 0.3) is 0 Å². The fourth-order valence-corrected chi connectivity index (χ4v) is 2.52. The van der Waals surface area contributed by atoms with E-state index in [4.69, 9.17) is 4.74 Å². The van der Waals surface area contributed by atoms with Crippen molar-refractivity contribution in [2.45, 2.75) is 104 Å². The number of carbonyl (C=O) groups excluding carboxylic acids is 2. The molecule has 0 rings (SSSR count). The van der Waals surface area contributed by atoms with Crippen molar-refractivity contribution < 1.29 is 14.3 Å². The second-order valence-corrected chi connectivity index (χ2v) is 6.40. The van der Waals surface area contributed by atoms with Gasteiger partial charge < -0.3 is 10.5 Å². The summed E-state index contributed by atoms with van der Waals surface area (Å²) >= 11 is 0. The topological polar surface area (TPSA) is 69.4 Å². The molecule has 0 saturated heterocycles. The number of carbonyl (C=O) groups is 2. The SMILES string of the molecule is C=CC(N)=O.CCCCCCCCCCCCCCCC(=O)OCC. The maximum atomic E-state index is 11.1. The lowest BCUT2D eigenvalue weighted by Gasteiger charge is -2.03. The van der Waals surface area contributed by atoms with Crippen LogP contribution in [0, 0.1) is 0 Å². The zero-order chi connectivity index (χ0) is 19.2. The molecule has 4 nitrogen and oxygen atoms in total. The maximum absolute atomic E-state index is 11.1. The first kappa shape index (κ1) is 25.9. The molecule has 0 spiro atoms. The quantitative estimate of drug-likeness (QED) is 0.220. The van der Waals surface area contributed by atoms with Crippen molar-refractivity contribution in [2.24, 2.45) is 5.73 Å². The van der Waals surface area contributed by atoms with Crippen LogP contribution in [0.1, 0.15) is 104 Å². The first-order valence-electron chi connectivity index (χ1n) is 10.2. The molecule has 0 heterocycles. The second-order valence-electron chi connectivity index (χ2n) is 6.40. The Morgan fingerprint density at radius 2 is 1.16 bits per heavy atom. The Kier molecular flexibility index (Phi) is 23.5. The van der Waals surface area contributed by atoms with E-state index >= 15 is 0 Å². The van der Waals surface area contributed by atoms with Crippen LogP contribution >= 0.6 is 0 Å². The summed E-state index contributed by atoms with van der Waals surface area (Å²) in [6, 6.07) is 0. The van der Waals surface area contributed by atoms with Gasteiger partial charge in [0.1, 0.15) is 0 Å². The third kappa shape index (κ3) is 27.8. The molecule has 0 aromatic rings. The molecule has 0 aromatic heterocycles. The first-order chi connectivity index (χ1) is 12.1. The van der Waals surface area contributed by atoms with Crippen molar-refractivity contribution in [3.05, 3.63) is 12.7 Å². The van der Waals surface area contributed by atoms with E-state index in [0.29, 0.717) is 13.0 Å². The Balaban J connectivity index is 0. The number of amides is 1. The Bertz CT molecular complexity index is 316. The number of ether oxygens (including phenoxy) is 1. The molecule has 0 aromatic carbocycles. The molecule has 148 valence electrons. The van der Waals surface area contributed by atoms with Crippen molar-refractivity contribution >= 4 is 11.9 Å². The molecule has 0 fully saturated rings. The number of nitrogens with two attached hydrogens (primary N) is 1. The summed E-state index contributed by atoms with van der Waals surface area (Å²) in [6.45, 7) is 7.73. The number of primary amides is 1. The minimum absolute atomic E-state index is 0.0319. The molecule has 0 aliphatic carbocycles. The summed E-state index contributed by atoms with van der Waals surface area (Å²) in [5.74, 6) is -0.513. The van der Waals surface area contributed by atoms with Crippen molar-refractivity contribution in [1.82, 2.24) is 0 Å². The average molecular weight is 356 g/mol. The molecule has 0 aliphatic heterocycles. The van der Waals surface area contributed by atoms with Crippen LogP contribution in [-0.4, -0.2) is 18.5 Å². The number of hydrogen-bond acceptors (Lipinski definition) is 3. The van der Waals surface area contributed by atoms with Gasteiger partial charge in [-0.05, 0) is 19.4 Å². The van der Waals surface area contributed by atoms with E-state index < -0.39 is 5.91 Å². The highest BCUT2D eigenvalue weighted by atomic mass is 16.5. The van der Waals surface area contributed by atoms with Gasteiger partial charge in [-0.3, -0.25) is 9.59 Å². The van der Waals surface area contributed by atoms with Gasteiger partial charge in [0, 0.05) is 6.42 Å². The van der Waals surface area contributed by atoms with Crippen LogP contribution in [0.2, 0.25) is 0 Å². The highest BCUT2D eigenvalue weighted by Crippen LogP contribution is 2.12. The Hall–Kier alpha value is -1.32. The Labute approximate surface area is 155 Å². The van der Waals surface area contributed by atoms with Crippen LogP contribution in [0.15, 0.2) is 12.7 Å².